The van der Waals surface area contributed by atoms with E-state index in [2.05, 4.69) is 27.9 Å². The molecule has 74 valence electrons. The summed E-state index contributed by atoms with van der Waals surface area (Å²) >= 11 is 6.95. The summed E-state index contributed by atoms with van der Waals surface area (Å²) in [6, 6.07) is 8.17. The van der Waals surface area contributed by atoms with Crippen LogP contribution in [0.15, 0.2) is 41.2 Å². The van der Waals surface area contributed by atoms with Gasteiger partial charge in [-0.15, -0.1) is 0 Å². The van der Waals surface area contributed by atoms with Crippen molar-refractivity contribution < 1.29 is 0 Å². The number of rotatable bonds is 1. The van der Waals surface area contributed by atoms with Crippen LogP contribution in [0, 0.1) is 4.77 Å². The fraction of sp³-hybridized carbons (Fsp3) is 0. The predicted molar refractivity (Wildman–Crippen MR) is 65.9 cm³/mol. The lowest BCUT2D eigenvalue weighted by molar-refractivity contribution is 1.12. The molecule has 0 fully saturated rings. The lowest BCUT2D eigenvalue weighted by atomic mass is 10.2. The molecule has 0 aliphatic rings. The lowest BCUT2D eigenvalue weighted by Gasteiger charge is -1.94. The summed E-state index contributed by atoms with van der Waals surface area (Å²) in [5.74, 6) is 0. The second-order valence-corrected chi connectivity index (χ2v) is 4.44. The number of fused-ring (bicyclic) bond motifs is 1. The second kappa shape index (κ2) is 3.32. The second-order valence-electron chi connectivity index (χ2n) is 3.27. The number of pyridine rings is 1. The minimum atomic E-state index is 0.742. The average Bonchev–Trinajstić information content (AvgIpc) is 2.87. The molecule has 1 N–H and O–H groups in total. The number of aromatic amines is 1. The van der Waals surface area contributed by atoms with Crippen LogP contribution in [0.25, 0.3) is 16.8 Å². The maximum Gasteiger partial charge on any atom is 0.182 e. The molecule has 3 rings (SSSR count). The van der Waals surface area contributed by atoms with Crippen molar-refractivity contribution in [2.75, 3.05) is 0 Å². The van der Waals surface area contributed by atoms with Crippen molar-refractivity contribution in [1.82, 2.24) is 9.38 Å². The Morgan fingerprint density at radius 2 is 2.20 bits per heavy atom. The Hall–Kier alpha value is -1.39. The monoisotopic (exact) mass is 232 g/mol. The number of hydrogen-bond acceptors (Lipinski definition) is 2. The van der Waals surface area contributed by atoms with Crippen LogP contribution in [0.2, 0.25) is 0 Å². The first-order valence-corrected chi connectivity index (χ1v) is 5.93. The highest BCUT2D eigenvalue weighted by Crippen LogP contribution is 2.25. The summed E-state index contributed by atoms with van der Waals surface area (Å²) in [6.07, 6.45) is 1.98. The molecule has 0 unspecified atom stereocenters. The zero-order valence-corrected chi connectivity index (χ0v) is 9.44. The van der Waals surface area contributed by atoms with E-state index in [0.29, 0.717) is 0 Å². The van der Waals surface area contributed by atoms with Crippen LogP contribution in [-0.4, -0.2) is 9.38 Å². The van der Waals surface area contributed by atoms with Crippen LogP contribution < -0.4 is 0 Å². The SMILES string of the molecule is S=c1[nH]c(-c2ccsc2)c2ccccn12. The summed E-state index contributed by atoms with van der Waals surface area (Å²) in [7, 11) is 0. The largest absolute Gasteiger partial charge is 0.330 e. The highest BCUT2D eigenvalue weighted by molar-refractivity contribution is 7.71. The Bertz CT molecular complexity index is 647. The van der Waals surface area contributed by atoms with Gasteiger partial charge in [-0.3, -0.25) is 4.40 Å². The molecular formula is C11H8N2S2. The van der Waals surface area contributed by atoms with Gasteiger partial charge >= 0.3 is 0 Å². The molecule has 0 aromatic carbocycles. The Morgan fingerprint density at radius 3 is 3.00 bits per heavy atom. The van der Waals surface area contributed by atoms with Crippen molar-refractivity contribution in [2.45, 2.75) is 0 Å². The Balaban J connectivity index is 2.42. The maximum atomic E-state index is 5.26. The summed E-state index contributed by atoms with van der Waals surface area (Å²) in [4.78, 5) is 3.24. The minimum Gasteiger partial charge on any atom is -0.330 e. The lowest BCUT2D eigenvalue weighted by Crippen LogP contribution is -1.80. The van der Waals surface area contributed by atoms with Gasteiger partial charge in [-0.25, -0.2) is 0 Å². The number of nitrogens with one attached hydrogen (secondary N) is 1. The van der Waals surface area contributed by atoms with Gasteiger partial charge in [0.1, 0.15) is 0 Å². The van der Waals surface area contributed by atoms with E-state index < -0.39 is 0 Å². The molecule has 0 aliphatic heterocycles. The highest BCUT2D eigenvalue weighted by Gasteiger charge is 2.06. The number of aromatic nitrogens is 2. The fourth-order valence-corrected chi connectivity index (χ4v) is 2.59. The molecule has 0 saturated heterocycles. The van der Waals surface area contributed by atoms with Gasteiger partial charge in [0.05, 0.1) is 11.2 Å². The van der Waals surface area contributed by atoms with Crippen LogP contribution in [-0.2, 0) is 0 Å². The quantitative estimate of drug-likeness (QED) is 0.634. The summed E-state index contributed by atoms with van der Waals surface area (Å²) < 4.78 is 2.73. The molecule has 4 heteroatoms. The number of H-pyrrole nitrogens is 1. The fourth-order valence-electron chi connectivity index (χ4n) is 1.68. The molecule has 3 aromatic rings. The van der Waals surface area contributed by atoms with Gasteiger partial charge in [-0.2, -0.15) is 11.3 Å². The van der Waals surface area contributed by atoms with Crippen LogP contribution in [0.5, 0.6) is 0 Å². The van der Waals surface area contributed by atoms with Gasteiger partial charge < -0.3 is 4.98 Å². The molecule has 2 nitrogen and oxygen atoms in total. The van der Waals surface area contributed by atoms with E-state index in [1.54, 1.807) is 11.3 Å². The van der Waals surface area contributed by atoms with Crippen LogP contribution in [0.4, 0.5) is 0 Å². The summed E-state index contributed by atoms with van der Waals surface area (Å²) in [5.41, 5.74) is 3.42. The van der Waals surface area contributed by atoms with Gasteiger partial charge in [-0.1, -0.05) is 6.07 Å². The standard InChI is InChI=1S/C11H8N2S2/c14-11-12-10(8-4-6-15-7-8)9-3-1-2-5-13(9)11/h1-7H,(H,12,14). The van der Waals surface area contributed by atoms with Crippen molar-refractivity contribution in [3.63, 3.8) is 0 Å². The first-order valence-electron chi connectivity index (χ1n) is 4.58. The minimum absolute atomic E-state index is 0.742. The molecule has 0 aliphatic carbocycles. The molecular weight excluding hydrogens is 224 g/mol. The molecule has 0 spiro atoms. The first-order chi connectivity index (χ1) is 7.36. The Labute approximate surface area is 95.8 Å². The van der Waals surface area contributed by atoms with Crippen molar-refractivity contribution in [3.8, 4) is 11.3 Å². The van der Waals surface area contributed by atoms with E-state index >= 15 is 0 Å². The number of nitrogens with zero attached hydrogens (tertiary/aromatic N) is 1. The Kier molecular flexibility index (Phi) is 1.97. The molecule has 0 amide bonds. The van der Waals surface area contributed by atoms with E-state index in [4.69, 9.17) is 12.2 Å². The third-order valence-corrected chi connectivity index (χ3v) is 3.36. The van der Waals surface area contributed by atoms with Crippen molar-refractivity contribution in [3.05, 3.63) is 46.0 Å². The molecule has 3 heterocycles. The van der Waals surface area contributed by atoms with E-state index in [-0.39, 0.29) is 0 Å². The maximum absolute atomic E-state index is 5.26. The van der Waals surface area contributed by atoms with Gasteiger partial charge in [0, 0.05) is 17.1 Å². The van der Waals surface area contributed by atoms with E-state index in [0.717, 1.165) is 16.0 Å². The normalized spacial score (nSPS) is 10.9. The van der Waals surface area contributed by atoms with Gasteiger partial charge in [0.2, 0.25) is 0 Å². The van der Waals surface area contributed by atoms with Crippen LogP contribution >= 0.6 is 23.6 Å². The van der Waals surface area contributed by atoms with Crippen molar-refractivity contribution in [1.29, 1.82) is 0 Å². The van der Waals surface area contributed by atoms with E-state index in [9.17, 15) is 0 Å². The number of hydrogen-bond donors (Lipinski definition) is 1. The molecule has 15 heavy (non-hydrogen) atoms. The van der Waals surface area contributed by atoms with Gasteiger partial charge in [-0.05, 0) is 35.8 Å². The summed E-state index contributed by atoms with van der Waals surface area (Å²) in [5, 5.41) is 4.19. The number of imidazole rings is 1. The number of thiophene rings is 1. The average molecular weight is 232 g/mol. The molecule has 0 atom stereocenters. The first kappa shape index (κ1) is 8.88. The van der Waals surface area contributed by atoms with E-state index in [1.807, 2.05) is 22.7 Å². The molecule has 3 aromatic heterocycles. The van der Waals surface area contributed by atoms with E-state index in [1.165, 1.54) is 5.56 Å². The van der Waals surface area contributed by atoms with Crippen LogP contribution in [0.1, 0.15) is 0 Å². The predicted octanol–water partition coefficient (Wildman–Crippen LogP) is 3.73. The van der Waals surface area contributed by atoms with Crippen molar-refractivity contribution >= 4 is 29.1 Å². The third-order valence-electron chi connectivity index (χ3n) is 2.38. The van der Waals surface area contributed by atoms with Crippen LogP contribution in [0.3, 0.4) is 0 Å². The van der Waals surface area contributed by atoms with Crippen molar-refractivity contribution in [2.24, 2.45) is 0 Å². The molecule has 0 saturated carbocycles. The topological polar surface area (TPSA) is 20.2 Å². The molecule has 0 radical (unpaired) electrons. The smallest absolute Gasteiger partial charge is 0.182 e. The third kappa shape index (κ3) is 1.33. The van der Waals surface area contributed by atoms with Gasteiger partial charge in [0.15, 0.2) is 4.77 Å². The zero-order chi connectivity index (χ0) is 10.3. The Morgan fingerprint density at radius 1 is 1.27 bits per heavy atom. The zero-order valence-electron chi connectivity index (χ0n) is 7.81. The highest BCUT2D eigenvalue weighted by atomic mass is 32.1. The summed E-state index contributed by atoms with van der Waals surface area (Å²) in [6.45, 7) is 0. The molecule has 0 bridgehead atoms. The van der Waals surface area contributed by atoms with Gasteiger partial charge in [0.25, 0.3) is 0 Å².